The molecule has 0 fully saturated rings. The monoisotopic (exact) mass is 387 g/mol. The number of nitrogens with one attached hydrogen (secondary N) is 2. The van der Waals surface area contributed by atoms with Gasteiger partial charge in [-0.3, -0.25) is 5.43 Å². The lowest BCUT2D eigenvalue weighted by molar-refractivity contribution is 0.300. The van der Waals surface area contributed by atoms with E-state index in [-0.39, 0.29) is 12.4 Å². The van der Waals surface area contributed by atoms with Crippen LogP contribution in [-0.4, -0.2) is 21.4 Å². The smallest absolute Gasteiger partial charge is 0.363 e. The van der Waals surface area contributed by atoms with Crippen LogP contribution in [0, 0.1) is 12.7 Å². The minimum atomic E-state index is -0.560. The molecule has 0 spiro atoms. The topological polar surface area (TPSA) is 92.3 Å². The van der Waals surface area contributed by atoms with Gasteiger partial charge in [-0.25, -0.2) is 14.3 Å². The molecule has 1 aromatic heterocycles. The number of benzene rings is 2. The molecule has 3 rings (SSSR count). The fourth-order valence-electron chi connectivity index (χ4n) is 2.14. The molecule has 1 heterocycles. The molecule has 0 saturated carbocycles. The SMILES string of the molecule is Cc1n[nH]c(=O)nc1N/N=C/c1ccc(OCc2c(F)cccc2Cl)cc1. The summed E-state index contributed by atoms with van der Waals surface area (Å²) in [4.78, 5) is 14.9. The molecule has 0 aliphatic rings. The summed E-state index contributed by atoms with van der Waals surface area (Å²) < 4.78 is 19.3. The molecule has 9 heteroatoms. The first-order chi connectivity index (χ1) is 13.0. The largest absolute Gasteiger partial charge is 0.489 e. The third-order valence-electron chi connectivity index (χ3n) is 3.58. The number of halogens is 2. The lowest BCUT2D eigenvalue weighted by Gasteiger charge is -2.09. The number of ether oxygens (including phenoxy) is 1. The van der Waals surface area contributed by atoms with Gasteiger partial charge in [0.1, 0.15) is 23.9 Å². The Balaban J connectivity index is 1.60. The third-order valence-corrected chi connectivity index (χ3v) is 3.94. The van der Waals surface area contributed by atoms with E-state index in [2.05, 4.69) is 25.7 Å². The van der Waals surface area contributed by atoms with Gasteiger partial charge in [0, 0.05) is 5.56 Å². The molecule has 2 N–H and O–H groups in total. The molecule has 2 aromatic carbocycles. The minimum absolute atomic E-state index is 0.0288. The normalized spacial score (nSPS) is 10.9. The first-order valence-electron chi connectivity index (χ1n) is 7.91. The molecular formula is C18H15ClFN5O2. The minimum Gasteiger partial charge on any atom is -0.489 e. The molecule has 0 atom stereocenters. The summed E-state index contributed by atoms with van der Waals surface area (Å²) in [5, 5.41) is 10.4. The highest BCUT2D eigenvalue weighted by Crippen LogP contribution is 2.21. The van der Waals surface area contributed by atoms with Gasteiger partial charge >= 0.3 is 5.69 Å². The molecule has 0 saturated heterocycles. The van der Waals surface area contributed by atoms with E-state index in [4.69, 9.17) is 16.3 Å². The van der Waals surface area contributed by atoms with Crippen LogP contribution in [0.4, 0.5) is 10.2 Å². The Labute approximate surface area is 158 Å². The van der Waals surface area contributed by atoms with E-state index in [0.29, 0.717) is 22.0 Å². The van der Waals surface area contributed by atoms with E-state index in [1.165, 1.54) is 6.07 Å². The van der Waals surface area contributed by atoms with Crippen molar-refractivity contribution < 1.29 is 9.13 Å². The summed E-state index contributed by atoms with van der Waals surface area (Å²) in [5.41, 5.74) is 3.71. The fraction of sp³-hybridized carbons (Fsp3) is 0.111. The van der Waals surface area contributed by atoms with Crippen molar-refractivity contribution in [1.82, 2.24) is 15.2 Å². The van der Waals surface area contributed by atoms with Gasteiger partial charge < -0.3 is 4.74 Å². The lowest BCUT2D eigenvalue weighted by Crippen LogP contribution is -2.15. The zero-order valence-electron chi connectivity index (χ0n) is 14.2. The Morgan fingerprint density at radius 3 is 2.81 bits per heavy atom. The molecule has 0 bridgehead atoms. The van der Waals surface area contributed by atoms with E-state index in [1.807, 2.05) is 0 Å². The lowest BCUT2D eigenvalue weighted by atomic mass is 10.2. The summed E-state index contributed by atoms with van der Waals surface area (Å²) in [6.45, 7) is 1.72. The van der Waals surface area contributed by atoms with Crippen molar-refractivity contribution in [2.24, 2.45) is 5.10 Å². The molecule has 0 radical (unpaired) electrons. The summed E-state index contributed by atoms with van der Waals surface area (Å²) >= 11 is 5.97. The highest BCUT2D eigenvalue weighted by molar-refractivity contribution is 6.31. The highest BCUT2D eigenvalue weighted by Gasteiger charge is 2.07. The Morgan fingerprint density at radius 1 is 1.30 bits per heavy atom. The van der Waals surface area contributed by atoms with E-state index >= 15 is 0 Å². The number of hydrazone groups is 1. The molecule has 138 valence electrons. The molecule has 27 heavy (non-hydrogen) atoms. The van der Waals surface area contributed by atoms with Crippen molar-refractivity contribution in [3.05, 3.63) is 80.6 Å². The van der Waals surface area contributed by atoms with E-state index in [1.54, 1.807) is 49.5 Å². The van der Waals surface area contributed by atoms with Crippen LogP contribution in [0.1, 0.15) is 16.8 Å². The van der Waals surface area contributed by atoms with Crippen LogP contribution in [0.25, 0.3) is 0 Å². The van der Waals surface area contributed by atoms with Crippen molar-refractivity contribution in [2.45, 2.75) is 13.5 Å². The number of aryl methyl sites for hydroxylation is 1. The number of aromatic amines is 1. The van der Waals surface area contributed by atoms with Crippen LogP contribution >= 0.6 is 11.6 Å². The van der Waals surface area contributed by atoms with Crippen LogP contribution in [0.3, 0.4) is 0 Å². The van der Waals surface area contributed by atoms with Crippen molar-refractivity contribution in [2.75, 3.05) is 5.43 Å². The van der Waals surface area contributed by atoms with E-state index < -0.39 is 11.5 Å². The summed E-state index contributed by atoms with van der Waals surface area (Å²) in [6.07, 6.45) is 1.56. The second-order valence-corrected chi connectivity index (χ2v) is 5.91. The van der Waals surface area contributed by atoms with Gasteiger partial charge in [-0.05, 0) is 48.9 Å². The second-order valence-electron chi connectivity index (χ2n) is 5.50. The van der Waals surface area contributed by atoms with Gasteiger partial charge in [-0.15, -0.1) is 0 Å². The maximum Gasteiger partial charge on any atom is 0.363 e. The van der Waals surface area contributed by atoms with Crippen LogP contribution in [0.5, 0.6) is 5.75 Å². The zero-order valence-corrected chi connectivity index (χ0v) is 15.0. The van der Waals surface area contributed by atoms with Crippen molar-refractivity contribution in [3.63, 3.8) is 0 Å². The summed E-state index contributed by atoms with van der Waals surface area (Å²) in [6, 6.07) is 11.5. The van der Waals surface area contributed by atoms with Gasteiger partial charge in [0.15, 0.2) is 5.82 Å². The van der Waals surface area contributed by atoms with Crippen LogP contribution in [0.15, 0.2) is 52.4 Å². The molecule has 0 aliphatic carbocycles. The molecule has 0 aliphatic heterocycles. The van der Waals surface area contributed by atoms with Gasteiger partial charge in [0.05, 0.1) is 11.2 Å². The zero-order chi connectivity index (χ0) is 19.2. The number of nitrogens with zero attached hydrogens (tertiary/aromatic N) is 3. The molecule has 0 amide bonds. The Morgan fingerprint density at radius 2 is 2.07 bits per heavy atom. The standard InChI is InChI=1S/C18H15ClFN5O2/c1-11-17(22-18(26)25-23-11)24-21-9-12-5-7-13(8-6-12)27-10-14-15(19)3-2-4-16(14)20/h2-9H,10H2,1H3,(H2,22,24,25,26)/b21-9+. The predicted octanol–water partition coefficient (Wildman–Crippen LogP) is 3.29. The quantitative estimate of drug-likeness (QED) is 0.500. The number of anilines is 1. The number of H-pyrrole nitrogens is 1. The number of aromatic nitrogens is 3. The molecule has 7 nitrogen and oxygen atoms in total. The third kappa shape index (κ3) is 4.89. The van der Waals surface area contributed by atoms with Gasteiger partial charge in [-0.2, -0.15) is 15.2 Å². The Bertz CT molecular complexity index is 1000. The average Bonchev–Trinajstić information content (AvgIpc) is 2.65. The van der Waals surface area contributed by atoms with Crippen LogP contribution in [0.2, 0.25) is 5.02 Å². The van der Waals surface area contributed by atoms with E-state index in [9.17, 15) is 9.18 Å². The maximum atomic E-state index is 13.7. The number of hydrogen-bond acceptors (Lipinski definition) is 6. The first kappa shape index (κ1) is 18.5. The highest BCUT2D eigenvalue weighted by atomic mass is 35.5. The second kappa shape index (κ2) is 8.41. The van der Waals surface area contributed by atoms with Gasteiger partial charge in [0.2, 0.25) is 0 Å². The Hall–Kier alpha value is -3.26. The maximum absolute atomic E-state index is 13.7. The first-order valence-corrected chi connectivity index (χ1v) is 8.29. The predicted molar refractivity (Wildman–Crippen MR) is 101 cm³/mol. The number of hydrogen-bond donors (Lipinski definition) is 2. The molecule has 0 unspecified atom stereocenters. The summed E-state index contributed by atoms with van der Waals surface area (Å²) in [5.74, 6) is 0.433. The van der Waals surface area contributed by atoms with Crippen LogP contribution < -0.4 is 15.9 Å². The van der Waals surface area contributed by atoms with Gasteiger partial charge in [0.25, 0.3) is 0 Å². The number of rotatable bonds is 6. The average molecular weight is 388 g/mol. The van der Waals surface area contributed by atoms with Crippen LogP contribution in [-0.2, 0) is 6.61 Å². The van der Waals surface area contributed by atoms with Crippen molar-refractivity contribution in [3.8, 4) is 5.75 Å². The van der Waals surface area contributed by atoms with Crippen molar-refractivity contribution >= 4 is 23.6 Å². The molecule has 3 aromatic rings. The Kier molecular flexibility index (Phi) is 5.77. The molecular weight excluding hydrogens is 373 g/mol. The fourth-order valence-corrected chi connectivity index (χ4v) is 2.36. The van der Waals surface area contributed by atoms with Crippen molar-refractivity contribution in [1.29, 1.82) is 0 Å². The summed E-state index contributed by atoms with van der Waals surface area (Å²) in [7, 11) is 0. The van der Waals surface area contributed by atoms with E-state index in [0.717, 1.165) is 5.56 Å². The van der Waals surface area contributed by atoms with Gasteiger partial charge in [-0.1, -0.05) is 17.7 Å².